The van der Waals surface area contributed by atoms with E-state index in [-0.39, 0.29) is 11.7 Å². The zero-order valence-corrected chi connectivity index (χ0v) is 13.3. The number of rotatable bonds is 0. The Balaban J connectivity index is 0.00000137. The Morgan fingerprint density at radius 2 is 1.67 bits per heavy atom. The fraction of sp³-hybridized carbons (Fsp3) is 0.933. The Labute approximate surface area is 113 Å². The van der Waals surface area contributed by atoms with Crippen molar-refractivity contribution in [2.24, 2.45) is 5.41 Å². The number of amides is 1. The number of likely N-dealkylation sites (tertiary alicyclic amines) is 1. The van der Waals surface area contributed by atoms with Crippen LogP contribution in [-0.4, -0.2) is 29.7 Å². The maximum atomic E-state index is 11.9. The lowest BCUT2D eigenvalue weighted by molar-refractivity contribution is 0.0252. The Kier molecular flexibility index (Phi) is 6.72. The molecule has 0 spiro atoms. The molecule has 0 unspecified atom stereocenters. The molecule has 0 aromatic rings. The van der Waals surface area contributed by atoms with E-state index in [2.05, 4.69) is 13.8 Å². The first-order valence-electron chi connectivity index (χ1n) is 7.18. The molecule has 0 aliphatic carbocycles. The monoisotopic (exact) mass is 257 g/mol. The average Bonchev–Trinajstić information content (AvgIpc) is 2.40. The number of nitrogens with zero attached hydrogens (tertiary/aromatic N) is 1. The molecule has 0 atom stereocenters. The van der Waals surface area contributed by atoms with Gasteiger partial charge in [0, 0.05) is 13.1 Å². The Hall–Kier alpha value is -0.730. The molecule has 1 fully saturated rings. The third-order valence-electron chi connectivity index (χ3n) is 2.99. The molecule has 0 radical (unpaired) electrons. The van der Waals surface area contributed by atoms with Gasteiger partial charge in [0.2, 0.25) is 0 Å². The largest absolute Gasteiger partial charge is 0.444 e. The van der Waals surface area contributed by atoms with Crippen LogP contribution in [0.4, 0.5) is 4.79 Å². The normalized spacial score (nSPS) is 19.4. The van der Waals surface area contributed by atoms with Crippen molar-refractivity contribution in [2.75, 3.05) is 13.1 Å². The number of hydrogen-bond donors (Lipinski definition) is 0. The van der Waals surface area contributed by atoms with Gasteiger partial charge in [0.05, 0.1) is 0 Å². The highest BCUT2D eigenvalue weighted by molar-refractivity contribution is 5.68. The summed E-state index contributed by atoms with van der Waals surface area (Å²) < 4.78 is 5.39. The molecule has 108 valence electrons. The third kappa shape index (κ3) is 6.87. The van der Waals surface area contributed by atoms with E-state index >= 15 is 0 Å². The standard InChI is InChI=1S/C13H25NO2.C2H6/c1-12(2,3)16-11(15)14-9-6-7-13(4,5)8-10-14;1-2/h6-10H2,1-5H3;1-2H3. The van der Waals surface area contributed by atoms with Gasteiger partial charge >= 0.3 is 6.09 Å². The molecule has 1 aliphatic rings. The molecule has 3 nitrogen and oxygen atoms in total. The minimum Gasteiger partial charge on any atom is -0.444 e. The van der Waals surface area contributed by atoms with Crippen LogP contribution in [0.1, 0.15) is 67.7 Å². The minimum absolute atomic E-state index is 0.162. The second-order valence-corrected chi connectivity index (χ2v) is 6.49. The van der Waals surface area contributed by atoms with Gasteiger partial charge in [0.1, 0.15) is 5.60 Å². The molecule has 18 heavy (non-hydrogen) atoms. The summed E-state index contributed by atoms with van der Waals surface area (Å²) in [5.41, 5.74) is -0.0321. The highest BCUT2D eigenvalue weighted by Gasteiger charge is 2.27. The lowest BCUT2D eigenvalue weighted by atomic mass is 9.85. The molecule has 1 saturated heterocycles. The number of carbonyl (C=O) groups excluding carboxylic acids is 1. The lowest BCUT2D eigenvalue weighted by Gasteiger charge is -2.27. The second-order valence-electron chi connectivity index (χ2n) is 6.49. The van der Waals surface area contributed by atoms with Crippen LogP contribution < -0.4 is 0 Å². The van der Waals surface area contributed by atoms with Crippen molar-refractivity contribution in [3.63, 3.8) is 0 Å². The van der Waals surface area contributed by atoms with Gasteiger partial charge in [-0.1, -0.05) is 27.7 Å². The summed E-state index contributed by atoms with van der Waals surface area (Å²) in [5, 5.41) is 0. The van der Waals surface area contributed by atoms with E-state index in [0.717, 1.165) is 25.9 Å². The van der Waals surface area contributed by atoms with E-state index in [1.165, 1.54) is 6.42 Å². The van der Waals surface area contributed by atoms with Gasteiger partial charge in [-0.05, 0) is 45.4 Å². The summed E-state index contributed by atoms with van der Waals surface area (Å²) >= 11 is 0. The zero-order chi connectivity index (χ0) is 14.4. The van der Waals surface area contributed by atoms with Gasteiger partial charge in [-0.15, -0.1) is 0 Å². The molecule has 1 aliphatic heterocycles. The number of carbonyl (C=O) groups is 1. The van der Waals surface area contributed by atoms with Crippen LogP contribution in [0.5, 0.6) is 0 Å². The maximum Gasteiger partial charge on any atom is 0.410 e. The Morgan fingerprint density at radius 3 is 2.17 bits per heavy atom. The number of ether oxygens (including phenoxy) is 1. The molecule has 0 saturated carbocycles. The maximum absolute atomic E-state index is 11.9. The predicted octanol–water partition coefficient (Wildman–Crippen LogP) is 4.46. The topological polar surface area (TPSA) is 29.5 Å². The van der Waals surface area contributed by atoms with Crippen LogP contribution in [0.2, 0.25) is 0 Å². The zero-order valence-electron chi connectivity index (χ0n) is 13.3. The SMILES string of the molecule is CC.CC1(C)CCCN(C(=O)OC(C)(C)C)CC1. The molecule has 3 heteroatoms. The van der Waals surface area contributed by atoms with Crippen molar-refractivity contribution >= 4 is 6.09 Å². The quantitative estimate of drug-likeness (QED) is 0.641. The lowest BCUT2D eigenvalue weighted by Crippen LogP contribution is -2.37. The molecule has 1 rings (SSSR count). The fourth-order valence-corrected chi connectivity index (χ4v) is 1.93. The summed E-state index contributed by atoms with van der Waals surface area (Å²) in [6.45, 7) is 15.9. The Bertz CT molecular complexity index is 254. The van der Waals surface area contributed by atoms with Crippen LogP contribution in [0.3, 0.4) is 0 Å². The molecule has 0 aromatic carbocycles. The molecular weight excluding hydrogens is 226 g/mol. The highest BCUT2D eigenvalue weighted by Crippen LogP contribution is 2.30. The summed E-state index contributed by atoms with van der Waals surface area (Å²) in [5.74, 6) is 0. The highest BCUT2D eigenvalue weighted by atomic mass is 16.6. The molecule has 0 N–H and O–H groups in total. The smallest absolute Gasteiger partial charge is 0.410 e. The van der Waals surface area contributed by atoms with E-state index in [1.54, 1.807) is 0 Å². The summed E-state index contributed by atoms with van der Waals surface area (Å²) in [4.78, 5) is 13.7. The number of hydrogen-bond acceptors (Lipinski definition) is 2. The average molecular weight is 257 g/mol. The van der Waals surface area contributed by atoms with E-state index in [1.807, 2.05) is 39.5 Å². The van der Waals surface area contributed by atoms with Gasteiger partial charge in [-0.3, -0.25) is 0 Å². The summed E-state index contributed by atoms with van der Waals surface area (Å²) in [7, 11) is 0. The molecule has 0 aromatic heterocycles. The van der Waals surface area contributed by atoms with Crippen molar-refractivity contribution in [1.82, 2.24) is 4.90 Å². The first-order chi connectivity index (χ1) is 8.20. The van der Waals surface area contributed by atoms with Crippen LogP contribution >= 0.6 is 0 Å². The van der Waals surface area contributed by atoms with Crippen LogP contribution in [-0.2, 0) is 4.74 Å². The van der Waals surface area contributed by atoms with E-state index < -0.39 is 0 Å². The molecule has 1 heterocycles. The molecule has 0 bridgehead atoms. The van der Waals surface area contributed by atoms with Crippen LogP contribution in [0.15, 0.2) is 0 Å². The van der Waals surface area contributed by atoms with Gasteiger partial charge in [0.25, 0.3) is 0 Å². The molecular formula is C15H31NO2. The van der Waals surface area contributed by atoms with E-state index in [9.17, 15) is 4.79 Å². The second kappa shape index (κ2) is 7.01. The van der Waals surface area contributed by atoms with Gasteiger partial charge in [0.15, 0.2) is 0 Å². The fourth-order valence-electron chi connectivity index (χ4n) is 1.93. The van der Waals surface area contributed by atoms with Crippen molar-refractivity contribution in [2.45, 2.75) is 73.3 Å². The van der Waals surface area contributed by atoms with Crippen LogP contribution in [0.25, 0.3) is 0 Å². The molecule has 1 amide bonds. The third-order valence-corrected chi connectivity index (χ3v) is 2.99. The van der Waals surface area contributed by atoms with Gasteiger partial charge in [-0.2, -0.15) is 0 Å². The van der Waals surface area contributed by atoms with Crippen molar-refractivity contribution in [1.29, 1.82) is 0 Å². The van der Waals surface area contributed by atoms with E-state index in [4.69, 9.17) is 4.74 Å². The van der Waals surface area contributed by atoms with Crippen LogP contribution in [0, 0.1) is 5.41 Å². The minimum atomic E-state index is -0.390. The van der Waals surface area contributed by atoms with Gasteiger partial charge < -0.3 is 9.64 Å². The Morgan fingerprint density at radius 1 is 1.11 bits per heavy atom. The first kappa shape index (κ1) is 17.3. The van der Waals surface area contributed by atoms with Crippen molar-refractivity contribution in [3.05, 3.63) is 0 Å². The van der Waals surface area contributed by atoms with Gasteiger partial charge in [-0.25, -0.2) is 4.79 Å². The van der Waals surface area contributed by atoms with Crippen molar-refractivity contribution in [3.8, 4) is 0 Å². The van der Waals surface area contributed by atoms with Crippen molar-refractivity contribution < 1.29 is 9.53 Å². The summed E-state index contributed by atoms with van der Waals surface area (Å²) in [6, 6.07) is 0. The van der Waals surface area contributed by atoms with E-state index in [0.29, 0.717) is 5.41 Å². The summed E-state index contributed by atoms with van der Waals surface area (Å²) in [6.07, 6.45) is 3.16. The predicted molar refractivity (Wildman–Crippen MR) is 76.8 cm³/mol. The first-order valence-corrected chi connectivity index (χ1v) is 7.18.